The first-order valence-corrected chi connectivity index (χ1v) is 8.79. The first kappa shape index (κ1) is 18.5. The van der Waals surface area contributed by atoms with Crippen molar-refractivity contribution in [3.63, 3.8) is 0 Å². The number of hydrogen-bond donors (Lipinski definition) is 2. The van der Waals surface area contributed by atoms with E-state index in [9.17, 15) is 15.0 Å². The molecule has 0 atom stereocenters. The van der Waals surface area contributed by atoms with Gasteiger partial charge in [-0.2, -0.15) is 0 Å². The molecule has 0 radical (unpaired) electrons. The van der Waals surface area contributed by atoms with Crippen molar-refractivity contribution >= 4 is 17.3 Å². The van der Waals surface area contributed by atoms with Gasteiger partial charge in [0.15, 0.2) is 0 Å². The van der Waals surface area contributed by atoms with Gasteiger partial charge >= 0.3 is 0 Å². The highest BCUT2D eigenvalue weighted by molar-refractivity contribution is 6.11. The van der Waals surface area contributed by atoms with Gasteiger partial charge in [0, 0.05) is 16.9 Å². The van der Waals surface area contributed by atoms with Crippen LogP contribution in [0.2, 0.25) is 0 Å². The number of hydrogen-bond acceptors (Lipinski definition) is 3. The largest absolute Gasteiger partial charge is 0.508 e. The highest BCUT2D eigenvalue weighted by atomic mass is 16.3. The quantitative estimate of drug-likeness (QED) is 0.659. The third-order valence-corrected chi connectivity index (χ3v) is 4.42. The highest BCUT2D eigenvalue weighted by Crippen LogP contribution is 2.31. The second-order valence-electron chi connectivity index (χ2n) is 7.50. The Morgan fingerprint density at radius 3 is 1.48 bits per heavy atom. The number of nitrogens with zero attached hydrogens (tertiary/aromatic N) is 1. The predicted molar refractivity (Wildman–Crippen MR) is 108 cm³/mol. The van der Waals surface area contributed by atoms with Crippen molar-refractivity contribution in [1.82, 2.24) is 0 Å². The van der Waals surface area contributed by atoms with Crippen LogP contribution in [0.3, 0.4) is 0 Å². The molecule has 0 aliphatic heterocycles. The van der Waals surface area contributed by atoms with E-state index in [2.05, 4.69) is 20.8 Å². The standard InChI is InChI=1S/C23H23NO3/c1-23(2,3)17-6-4-16(5-7-17)22(27)24(18-8-12-20(25)13-9-18)19-10-14-21(26)15-11-19/h4-15,25-26H,1-3H3. The molecule has 0 heterocycles. The topological polar surface area (TPSA) is 60.8 Å². The lowest BCUT2D eigenvalue weighted by Crippen LogP contribution is -2.26. The molecule has 1 amide bonds. The fourth-order valence-corrected chi connectivity index (χ4v) is 2.83. The van der Waals surface area contributed by atoms with Crippen molar-refractivity contribution < 1.29 is 15.0 Å². The van der Waals surface area contributed by atoms with Crippen molar-refractivity contribution in [3.05, 3.63) is 83.9 Å². The first-order chi connectivity index (χ1) is 12.8. The number of carbonyl (C=O) groups is 1. The second-order valence-corrected chi connectivity index (χ2v) is 7.50. The number of aromatic hydroxyl groups is 2. The fourth-order valence-electron chi connectivity index (χ4n) is 2.83. The Bertz CT molecular complexity index is 876. The van der Waals surface area contributed by atoms with E-state index in [1.807, 2.05) is 24.3 Å². The molecule has 4 nitrogen and oxygen atoms in total. The van der Waals surface area contributed by atoms with E-state index in [0.29, 0.717) is 16.9 Å². The summed E-state index contributed by atoms with van der Waals surface area (Å²) in [5.74, 6) is 0.0737. The molecule has 0 aliphatic carbocycles. The van der Waals surface area contributed by atoms with Crippen LogP contribution in [0.1, 0.15) is 36.7 Å². The summed E-state index contributed by atoms with van der Waals surface area (Å²) in [6.45, 7) is 6.38. The van der Waals surface area contributed by atoms with Crippen LogP contribution in [0.25, 0.3) is 0 Å². The van der Waals surface area contributed by atoms with Crippen LogP contribution in [0.15, 0.2) is 72.8 Å². The Hall–Kier alpha value is -3.27. The lowest BCUT2D eigenvalue weighted by atomic mass is 9.86. The summed E-state index contributed by atoms with van der Waals surface area (Å²) in [4.78, 5) is 14.8. The summed E-state index contributed by atoms with van der Waals surface area (Å²) >= 11 is 0. The summed E-state index contributed by atoms with van der Waals surface area (Å²) < 4.78 is 0. The van der Waals surface area contributed by atoms with E-state index >= 15 is 0 Å². The molecule has 4 heteroatoms. The maximum Gasteiger partial charge on any atom is 0.262 e. The van der Waals surface area contributed by atoms with E-state index in [4.69, 9.17) is 0 Å². The molecular weight excluding hydrogens is 338 g/mol. The number of anilines is 2. The summed E-state index contributed by atoms with van der Waals surface area (Å²) in [6, 6.07) is 20.5. The lowest BCUT2D eigenvalue weighted by Gasteiger charge is -2.24. The third-order valence-electron chi connectivity index (χ3n) is 4.42. The van der Waals surface area contributed by atoms with Crippen molar-refractivity contribution in [3.8, 4) is 11.5 Å². The maximum absolute atomic E-state index is 13.3. The van der Waals surface area contributed by atoms with Gasteiger partial charge in [0.05, 0.1) is 0 Å². The molecule has 3 aromatic carbocycles. The smallest absolute Gasteiger partial charge is 0.262 e. The minimum atomic E-state index is -0.188. The summed E-state index contributed by atoms with van der Waals surface area (Å²) in [7, 11) is 0. The molecule has 0 bridgehead atoms. The molecule has 3 aromatic rings. The minimum Gasteiger partial charge on any atom is -0.508 e. The first-order valence-electron chi connectivity index (χ1n) is 8.79. The van der Waals surface area contributed by atoms with Crippen LogP contribution >= 0.6 is 0 Å². The van der Waals surface area contributed by atoms with Gasteiger partial charge in [-0.15, -0.1) is 0 Å². The van der Waals surface area contributed by atoms with Crippen LogP contribution in [0.5, 0.6) is 11.5 Å². The molecule has 0 aromatic heterocycles. The Balaban J connectivity index is 2.03. The highest BCUT2D eigenvalue weighted by Gasteiger charge is 2.21. The second kappa shape index (κ2) is 7.16. The van der Waals surface area contributed by atoms with Crippen molar-refractivity contribution in [2.45, 2.75) is 26.2 Å². The Labute approximate surface area is 159 Å². The van der Waals surface area contributed by atoms with Crippen LogP contribution in [0.4, 0.5) is 11.4 Å². The van der Waals surface area contributed by atoms with Gasteiger partial charge in [0.1, 0.15) is 11.5 Å². The Kier molecular flexibility index (Phi) is 4.91. The van der Waals surface area contributed by atoms with Gasteiger partial charge in [-0.25, -0.2) is 0 Å². The van der Waals surface area contributed by atoms with Gasteiger partial charge in [-0.05, 0) is 71.6 Å². The number of rotatable bonds is 3. The normalized spacial score (nSPS) is 11.2. The molecule has 27 heavy (non-hydrogen) atoms. The number of carbonyl (C=O) groups excluding carboxylic acids is 1. The van der Waals surface area contributed by atoms with Crippen molar-refractivity contribution in [2.75, 3.05) is 4.90 Å². The van der Waals surface area contributed by atoms with Crippen LogP contribution in [-0.2, 0) is 5.41 Å². The van der Waals surface area contributed by atoms with Crippen molar-refractivity contribution in [2.24, 2.45) is 0 Å². The molecule has 3 rings (SSSR count). The summed E-state index contributed by atoms with van der Waals surface area (Å²) in [5.41, 5.74) is 2.98. The van der Waals surface area contributed by atoms with E-state index in [1.165, 1.54) is 0 Å². The van der Waals surface area contributed by atoms with Crippen LogP contribution < -0.4 is 4.90 Å². The molecule has 2 N–H and O–H groups in total. The van der Waals surface area contributed by atoms with E-state index in [1.54, 1.807) is 53.4 Å². The van der Waals surface area contributed by atoms with E-state index in [0.717, 1.165) is 5.56 Å². The van der Waals surface area contributed by atoms with Gasteiger partial charge < -0.3 is 10.2 Å². The number of benzene rings is 3. The average Bonchev–Trinajstić information content (AvgIpc) is 2.64. The SMILES string of the molecule is CC(C)(C)c1ccc(C(=O)N(c2ccc(O)cc2)c2ccc(O)cc2)cc1. The molecular formula is C23H23NO3. The Morgan fingerprint density at radius 1 is 0.704 bits per heavy atom. The third kappa shape index (κ3) is 4.11. The zero-order chi connectivity index (χ0) is 19.6. The molecule has 0 fully saturated rings. The van der Waals surface area contributed by atoms with Crippen LogP contribution in [0, 0.1) is 0 Å². The summed E-state index contributed by atoms with van der Waals surface area (Å²) in [5, 5.41) is 19.1. The van der Waals surface area contributed by atoms with Gasteiger partial charge in [0.2, 0.25) is 0 Å². The van der Waals surface area contributed by atoms with Gasteiger partial charge in [-0.1, -0.05) is 32.9 Å². The van der Waals surface area contributed by atoms with Gasteiger partial charge in [-0.3, -0.25) is 9.69 Å². The van der Waals surface area contributed by atoms with E-state index in [-0.39, 0.29) is 22.8 Å². The Morgan fingerprint density at radius 2 is 1.11 bits per heavy atom. The monoisotopic (exact) mass is 361 g/mol. The predicted octanol–water partition coefficient (Wildman–Crippen LogP) is 5.37. The molecule has 0 saturated carbocycles. The molecule has 0 aliphatic rings. The lowest BCUT2D eigenvalue weighted by molar-refractivity contribution is 0.0999. The van der Waals surface area contributed by atoms with E-state index < -0.39 is 0 Å². The molecule has 138 valence electrons. The van der Waals surface area contributed by atoms with Gasteiger partial charge in [0.25, 0.3) is 5.91 Å². The maximum atomic E-state index is 13.3. The molecule has 0 unspecified atom stereocenters. The zero-order valence-corrected chi connectivity index (χ0v) is 15.7. The zero-order valence-electron chi connectivity index (χ0n) is 15.7. The minimum absolute atomic E-state index is 0.00911. The number of phenolic OH excluding ortho intramolecular Hbond substituents is 2. The molecule has 0 spiro atoms. The summed E-state index contributed by atoms with van der Waals surface area (Å²) in [6.07, 6.45) is 0. The average molecular weight is 361 g/mol. The molecule has 0 saturated heterocycles. The van der Waals surface area contributed by atoms with Crippen molar-refractivity contribution in [1.29, 1.82) is 0 Å². The number of amides is 1. The fraction of sp³-hybridized carbons (Fsp3) is 0.174. The number of phenols is 2. The van der Waals surface area contributed by atoms with Crippen LogP contribution in [-0.4, -0.2) is 16.1 Å².